The Bertz CT molecular complexity index is 490. The number of nitrogens with zero attached hydrogens (tertiary/aromatic N) is 2. The van der Waals surface area contributed by atoms with Crippen LogP contribution in [0.3, 0.4) is 0 Å². The first-order valence-corrected chi connectivity index (χ1v) is 7.30. The van der Waals surface area contributed by atoms with Gasteiger partial charge in [0, 0.05) is 17.6 Å². The predicted octanol–water partition coefficient (Wildman–Crippen LogP) is 3.39. The minimum atomic E-state index is 0.667. The average Bonchev–Trinajstić information content (AvgIpc) is 2.89. The Morgan fingerprint density at radius 1 is 1.39 bits per heavy atom. The maximum Gasteiger partial charge on any atom is 0.0931 e. The second-order valence-corrected chi connectivity index (χ2v) is 6.53. The van der Waals surface area contributed by atoms with Crippen molar-refractivity contribution >= 4 is 22.9 Å². The minimum absolute atomic E-state index is 0.667. The van der Waals surface area contributed by atoms with Crippen molar-refractivity contribution in [3.05, 3.63) is 39.3 Å². The molecule has 0 fully saturated rings. The lowest BCUT2D eigenvalue weighted by atomic mass is 10.2. The zero-order valence-corrected chi connectivity index (χ0v) is 12.3. The first-order valence-electron chi connectivity index (χ1n) is 6.11. The van der Waals surface area contributed by atoms with Gasteiger partial charge in [0.05, 0.1) is 16.6 Å². The van der Waals surface area contributed by atoms with Crippen LogP contribution in [0.25, 0.3) is 0 Å². The van der Waals surface area contributed by atoms with Gasteiger partial charge in [-0.25, -0.2) is 0 Å². The van der Waals surface area contributed by atoms with Crippen molar-refractivity contribution < 1.29 is 0 Å². The molecule has 3 nitrogen and oxygen atoms in total. The highest BCUT2D eigenvalue weighted by molar-refractivity contribution is 7.16. The maximum absolute atomic E-state index is 5.91. The molecule has 2 aromatic heterocycles. The average molecular weight is 284 g/mol. The molecule has 1 N–H and O–H groups in total. The van der Waals surface area contributed by atoms with E-state index in [0.29, 0.717) is 5.92 Å². The van der Waals surface area contributed by atoms with Gasteiger partial charge < -0.3 is 5.32 Å². The first kappa shape index (κ1) is 13.6. The summed E-state index contributed by atoms with van der Waals surface area (Å²) in [5, 5.41) is 7.92. The van der Waals surface area contributed by atoms with Crippen LogP contribution in [0.2, 0.25) is 4.34 Å². The molecule has 0 aliphatic carbocycles. The zero-order chi connectivity index (χ0) is 13.0. The van der Waals surface area contributed by atoms with E-state index in [0.717, 1.165) is 29.7 Å². The lowest BCUT2D eigenvalue weighted by molar-refractivity contribution is 0.543. The molecule has 0 aliphatic rings. The van der Waals surface area contributed by atoms with Crippen molar-refractivity contribution in [1.82, 2.24) is 15.1 Å². The fraction of sp³-hybridized carbons (Fsp3) is 0.462. The van der Waals surface area contributed by atoms with Gasteiger partial charge in [0.25, 0.3) is 0 Å². The molecule has 0 radical (unpaired) electrons. The molecule has 0 aliphatic heterocycles. The van der Waals surface area contributed by atoms with E-state index in [1.807, 2.05) is 23.0 Å². The minimum Gasteiger partial charge on any atom is -0.311 e. The van der Waals surface area contributed by atoms with Crippen LogP contribution in [-0.4, -0.2) is 16.3 Å². The molecular weight excluding hydrogens is 266 g/mol. The van der Waals surface area contributed by atoms with Gasteiger partial charge in [-0.1, -0.05) is 25.4 Å². The topological polar surface area (TPSA) is 29.9 Å². The second kappa shape index (κ2) is 6.36. The fourth-order valence-electron chi connectivity index (χ4n) is 1.67. The molecule has 0 saturated heterocycles. The quantitative estimate of drug-likeness (QED) is 0.881. The van der Waals surface area contributed by atoms with E-state index in [-0.39, 0.29) is 0 Å². The van der Waals surface area contributed by atoms with Crippen LogP contribution in [0.15, 0.2) is 24.4 Å². The Labute approximate surface area is 117 Å². The number of hydrogen-bond donors (Lipinski definition) is 1. The number of hydrogen-bond acceptors (Lipinski definition) is 3. The van der Waals surface area contributed by atoms with Gasteiger partial charge in [-0.05, 0) is 30.7 Å². The highest BCUT2D eigenvalue weighted by Crippen LogP contribution is 2.21. The van der Waals surface area contributed by atoms with Crippen LogP contribution in [0.5, 0.6) is 0 Å². The molecule has 2 heterocycles. The zero-order valence-electron chi connectivity index (χ0n) is 10.7. The van der Waals surface area contributed by atoms with E-state index < -0.39 is 0 Å². The highest BCUT2D eigenvalue weighted by Gasteiger charge is 2.02. The van der Waals surface area contributed by atoms with E-state index in [4.69, 9.17) is 11.6 Å². The molecule has 0 unspecified atom stereocenters. The third-order valence-corrected chi connectivity index (χ3v) is 3.72. The van der Waals surface area contributed by atoms with Crippen molar-refractivity contribution in [3.8, 4) is 0 Å². The summed E-state index contributed by atoms with van der Waals surface area (Å²) in [5.41, 5.74) is 1.08. The summed E-state index contributed by atoms with van der Waals surface area (Å²) in [6.45, 7) is 7.05. The van der Waals surface area contributed by atoms with Gasteiger partial charge >= 0.3 is 0 Å². The monoisotopic (exact) mass is 283 g/mol. The van der Waals surface area contributed by atoms with E-state index in [1.165, 1.54) is 4.88 Å². The van der Waals surface area contributed by atoms with E-state index in [2.05, 4.69) is 30.3 Å². The Hall–Kier alpha value is -0.840. The van der Waals surface area contributed by atoms with Gasteiger partial charge in [-0.3, -0.25) is 4.68 Å². The number of halogens is 1. The smallest absolute Gasteiger partial charge is 0.0931 e. The molecule has 2 rings (SSSR count). The lowest BCUT2D eigenvalue weighted by Gasteiger charge is -2.05. The Morgan fingerprint density at radius 2 is 2.22 bits per heavy atom. The summed E-state index contributed by atoms with van der Waals surface area (Å²) in [6.07, 6.45) is 2.01. The largest absolute Gasteiger partial charge is 0.311 e. The number of thiophene rings is 1. The molecule has 0 saturated carbocycles. The van der Waals surface area contributed by atoms with Crippen molar-refractivity contribution in [2.75, 3.05) is 6.54 Å². The third-order valence-electron chi connectivity index (χ3n) is 2.50. The van der Waals surface area contributed by atoms with Crippen LogP contribution in [0.1, 0.15) is 24.4 Å². The summed E-state index contributed by atoms with van der Waals surface area (Å²) < 4.78 is 2.78. The van der Waals surface area contributed by atoms with Gasteiger partial charge in [0.2, 0.25) is 0 Å². The molecule has 0 aromatic carbocycles. The Balaban J connectivity index is 1.86. The molecule has 0 amide bonds. The van der Waals surface area contributed by atoms with Crippen LogP contribution >= 0.6 is 22.9 Å². The molecule has 18 heavy (non-hydrogen) atoms. The van der Waals surface area contributed by atoms with E-state index >= 15 is 0 Å². The summed E-state index contributed by atoms with van der Waals surface area (Å²) in [6, 6.07) is 6.03. The number of aromatic nitrogens is 2. The SMILES string of the molecule is CC(C)CNCc1ccn(Cc2ccc(Cl)s2)n1. The molecule has 0 atom stereocenters. The molecule has 98 valence electrons. The van der Waals surface area contributed by atoms with Crippen molar-refractivity contribution in [3.63, 3.8) is 0 Å². The number of rotatable bonds is 6. The van der Waals surface area contributed by atoms with Crippen LogP contribution in [-0.2, 0) is 13.1 Å². The van der Waals surface area contributed by atoms with Crippen LogP contribution < -0.4 is 5.32 Å². The van der Waals surface area contributed by atoms with Gasteiger partial charge in [-0.2, -0.15) is 5.10 Å². The van der Waals surface area contributed by atoms with Crippen LogP contribution in [0.4, 0.5) is 0 Å². The van der Waals surface area contributed by atoms with Gasteiger partial charge in [-0.15, -0.1) is 11.3 Å². The van der Waals surface area contributed by atoms with Crippen molar-refractivity contribution in [1.29, 1.82) is 0 Å². The summed E-state index contributed by atoms with van der Waals surface area (Å²) in [4.78, 5) is 1.23. The standard InChI is InChI=1S/C13H18ClN3S/c1-10(2)7-15-8-11-5-6-17(16-11)9-12-3-4-13(14)18-12/h3-6,10,15H,7-9H2,1-2H3. The molecular formula is C13H18ClN3S. The molecule has 5 heteroatoms. The van der Waals surface area contributed by atoms with Crippen molar-refractivity contribution in [2.45, 2.75) is 26.9 Å². The van der Waals surface area contributed by atoms with Crippen molar-refractivity contribution in [2.24, 2.45) is 5.92 Å². The highest BCUT2D eigenvalue weighted by atomic mass is 35.5. The normalized spacial score (nSPS) is 11.3. The second-order valence-electron chi connectivity index (χ2n) is 4.74. The van der Waals surface area contributed by atoms with Crippen LogP contribution in [0, 0.1) is 5.92 Å². The predicted molar refractivity (Wildman–Crippen MR) is 77.2 cm³/mol. The Kier molecular flexibility index (Phi) is 4.80. The summed E-state index contributed by atoms with van der Waals surface area (Å²) in [7, 11) is 0. The maximum atomic E-state index is 5.91. The fourth-order valence-corrected chi connectivity index (χ4v) is 2.75. The number of nitrogens with one attached hydrogen (secondary N) is 1. The third kappa shape index (κ3) is 4.12. The first-order chi connectivity index (χ1) is 8.63. The van der Waals surface area contributed by atoms with E-state index in [9.17, 15) is 0 Å². The van der Waals surface area contributed by atoms with Gasteiger partial charge in [0.15, 0.2) is 0 Å². The molecule has 0 bridgehead atoms. The molecule has 0 spiro atoms. The Morgan fingerprint density at radius 3 is 2.89 bits per heavy atom. The van der Waals surface area contributed by atoms with Gasteiger partial charge in [0.1, 0.15) is 0 Å². The van der Waals surface area contributed by atoms with E-state index in [1.54, 1.807) is 11.3 Å². The molecule has 2 aromatic rings. The summed E-state index contributed by atoms with van der Waals surface area (Å²) >= 11 is 7.51. The summed E-state index contributed by atoms with van der Waals surface area (Å²) in [5.74, 6) is 0.667. The lowest BCUT2D eigenvalue weighted by Crippen LogP contribution is -2.19.